The number of aryl methyl sites for hydroxylation is 1. The third-order valence-corrected chi connectivity index (χ3v) is 5.41. The topological polar surface area (TPSA) is 39.7 Å². The van der Waals surface area contributed by atoms with Gasteiger partial charge < -0.3 is 15.5 Å². The molecule has 1 unspecified atom stereocenters. The van der Waals surface area contributed by atoms with Crippen molar-refractivity contribution in [1.29, 1.82) is 0 Å². The number of halogens is 1. The maximum Gasteiger partial charge on any atom is 0.190 e. The van der Waals surface area contributed by atoms with Crippen LogP contribution in [0.1, 0.15) is 50.2 Å². The predicted molar refractivity (Wildman–Crippen MR) is 124 cm³/mol. The van der Waals surface area contributed by atoms with Gasteiger partial charge in [0.1, 0.15) is 0 Å². The fraction of sp³-hybridized carbons (Fsp3) is 0.667. The SMILES string of the molecule is CCN1CCC(CCNC(=NC)NCC(C)c2cccc(C)c2)CC1.I. The lowest BCUT2D eigenvalue weighted by Crippen LogP contribution is -2.40. The first kappa shape index (κ1) is 23.2. The monoisotopic (exact) mass is 472 g/mol. The van der Waals surface area contributed by atoms with Crippen molar-refractivity contribution in [2.24, 2.45) is 10.9 Å². The number of piperidine rings is 1. The zero-order valence-electron chi connectivity index (χ0n) is 16.9. The maximum atomic E-state index is 4.37. The van der Waals surface area contributed by atoms with Crippen LogP contribution in [0.5, 0.6) is 0 Å². The summed E-state index contributed by atoms with van der Waals surface area (Å²) >= 11 is 0. The molecule has 1 aromatic rings. The average Bonchev–Trinajstić information content (AvgIpc) is 2.64. The Morgan fingerprint density at radius 3 is 2.62 bits per heavy atom. The highest BCUT2D eigenvalue weighted by atomic mass is 127. The average molecular weight is 472 g/mol. The van der Waals surface area contributed by atoms with Crippen LogP contribution in [0.4, 0.5) is 0 Å². The molecule has 1 aromatic carbocycles. The van der Waals surface area contributed by atoms with Crippen LogP contribution in [-0.4, -0.2) is 50.6 Å². The van der Waals surface area contributed by atoms with Gasteiger partial charge in [0.05, 0.1) is 0 Å². The molecule has 0 aromatic heterocycles. The van der Waals surface area contributed by atoms with E-state index in [1.807, 2.05) is 7.05 Å². The minimum atomic E-state index is 0. The second kappa shape index (κ2) is 12.5. The van der Waals surface area contributed by atoms with E-state index in [4.69, 9.17) is 0 Å². The first-order chi connectivity index (χ1) is 12.1. The van der Waals surface area contributed by atoms with Crippen molar-refractivity contribution < 1.29 is 0 Å². The van der Waals surface area contributed by atoms with Crippen LogP contribution in [0.25, 0.3) is 0 Å². The van der Waals surface area contributed by atoms with Gasteiger partial charge in [-0.15, -0.1) is 24.0 Å². The minimum absolute atomic E-state index is 0. The molecule has 148 valence electrons. The number of aliphatic imine (C=N–C) groups is 1. The van der Waals surface area contributed by atoms with E-state index in [0.29, 0.717) is 5.92 Å². The Morgan fingerprint density at radius 2 is 2.00 bits per heavy atom. The third-order valence-electron chi connectivity index (χ3n) is 5.41. The lowest BCUT2D eigenvalue weighted by atomic mass is 9.93. The summed E-state index contributed by atoms with van der Waals surface area (Å²) in [6, 6.07) is 8.76. The van der Waals surface area contributed by atoms with E-state index in [9.17, 15) is 0 Å². The Hall–Kier alpha value is -0.820. The van der Waals surface area contributed by atoms with Gasteiger partial charge in [-0.1, -0.05) is 43.7 Å². The van der Waals surface area contributed by atoms with E-state index in [2.05, 4.69) is 65.6 Å². The number of benzene rings is 1. The van der Waals surface area contributed by atoms with Crippen molar-refractivity contribution in [2.75, 3.05) is 39.8 Å². The predicted octanol–water partition coefficient (Wildman–Crippen LogP) is 4.00. The van der Waals surface area contributed by atoms with E-state index in [-0.39, 0.29) is 24.0 Å². The molecule has 0 amide bonds. The second-order valence-corrected chi connectivity index (χ2v) is 7.36. The molecule has 2 rings (SSSR count). The fourth-order valence-electron chi connectivity index (χ4n) is 3.55. The molecule has 1 aliphatic heterocycles. The van der Waals surface area contributed by atoms with Gasteiger partial charge in [-0.25, -0.2) is 0 Å². The zero-order chi connectivity index (χ0) is 18.1. The van der Waals surface area contributed by atoms with Crippen LogP contribution in [-0.2, 0) is 0 Å². The van der Waals surface area contributed by atoms with Gasteiger partial charge in [-0.05, 0) is 63.2 Å². The standard InChI is InChI=1S/C21H36N4.HI/c1-5-25-13-10-19(11-14-25)9-12-23-21(22-4)24-16-18(3)20-8-6-7-17(2)15-20;/h6-8,15,18-19H,5,9-14,16H2,1-4H3,(H2,22,23,24);1H. The molecule has 0 aliphatic carbocycles. The number of rotatable bonds is 7. The number of hydrogen-bond acceptors (Lipinski definition) is 2. The molecule has 2 N–H and O–H groups in total. The summed E-state index contributed by atoms with van der Waals surface area (Å²) < 4.78 is 0. The van der Waals surface area contributed by atoms with Crippen molar-refractivity contribution in [2.45, 2.75) is 46.0 Å². The van der Waals surface area contributed by atoms with E-state index < -0.39 is 0 Å². The van der Waals surface area contributed by atoms with E-state index >= 15 is 0 Å². The quantitative estimate of drug-likeness (QED) is 0.358. The lowest BCUT2D eigenvalue weighted by molar-refractivity contribution is 0.187. The Labute approximate surface area is 177 Å². The highest BCUT2D eigenvalue weighted by Gasteiger charge is 2.17. The molecule has 0 bridgehead atoms. The summed E-state index contributed by atoms with van der Waals surface area (Å²) in [5.74, 6) is 2.25. The fourth-order valence-corrected chi connectivity index (χ4v) is 3.55. The van der Waals surface area contributed by atoms with Crippen LogP contribution in [0, 0.1) is 12.8 Å². The van der Waals surface area contributed by atoms with Crippen molar-refractivity contribution in [3.05, 3.63) is 35.4 Å². The van der Waals surface area contributed by atoms with Crippen LogP contribution in [0.2, 0.25) is 0 Å². The molecule has 1 fully saturated rings. The van der Waals surface area contributed by atoms with Gasteiger partial charge in [-0.2, -0.15) is 0 Å². The number of guanidine groups is 1. The lowest BCUT2D eigenvalue weighted by Gasteiger charge is -2.31. The van der Waals surface area contributed by atoms with E-state index in [1.165, 1.54) is 50.0 Å². The summed E-state index contributed by atoms with van der Waals surface area (Å²) in [7, 11) is 1.85. The molecule has 1 aliphatic rings. The molecule has 4 nitrogen and oxygen atoms in total. The molecule has 1 heterocycles. The van der Waals surface area contributed by atoms with Gasteiger partial charge in [0, 0.05) is 20.1 Å². The van der Waals surface area contributed by atoms with Crippen molar-refractivity contribution >= 4 is 29.9 Å². The van der Waals surface area contributed by atoms with Gasteiger partial charge in [-0.3, -0.25) is 4.99 Å². The zero-order valence-corrected chi connectivity index (χ0v) is 19.3. The maximum absolute atomic E-state index is 4.37. The minimum Gasteiger partial charge on any atom is -0.356 e. The third kappa shape index (κ3) is 7.82. The molecular formula is C21H37IN4. The van der Waals surface area contributed by atoms with Gasteiger partial charge in [0.25, 0.3) is 0 Å². The normalized spacial score (nSPS) is 17.5. The first-order valence-corrected chi connectivity index (χ1v) is 9.85. The largest absolute Gasteiger partial charge is 0.356 e. The Bertz CT molecular complexity index is 539. The number of nitrogens with one attached hydrogen (secondary N) is 2. The summed E-state index contributed by atoms with van der Waals surface area (Å²) in [6.45, 7) is 12.3. The summed E-state index contributed by atoms with van der Waals surface area (Å²) in [5, 5.41) is 6.96. The summed E-state index contributed by atoms with van der Waals surface area (Å²) in [4.78, 5) is 6.92. The number of nitrogens with zero attached hydrogens (tertiary/aromatic N) is 2. The molecule has 0 radical (unpaired) electrons. The van der Waals surface area contributed by atoms with Gasteiger partial charge in [0.2, 0.25) is 0 Å². The summed E-state index contributed by atoms with van der Waals surface area (Å²) in [6.07, 6.45) is 3.92. The second-order valence-electron chi connectivity index (χ2n) is 7.36. The molecule has 0 saturated carbocycles. The van der Waals surface area contributed by atoms with Crippen molar-refractivity contribution in [3.63, 3.8) is 0 Å². The van der Waals surface area contributed by atoms with Crippen molar-refractivity contribution in [1.82, 2.24) is 15.5 Å². The van der Waals surface area contributed by atoms with Gasteiger partial charge >= 0.3 is 0 Å². The van der Waals surface area contributed by atoms with E-state index in [0.717, 1.165) is 25.0 Å². The van der Waals surface area contributed by atoms with Gasteiger partial charge in [0.15, 0.2) is 5.96 Å². The molecule has 1 atom stereocenters. The number of likely N-dealkylation sites (tertiary alicyclic amines) is 1. The van der Waals surface area contributed by atoms with Crippen LogP contribution in [0.15, 0.2) is 29.3 Å². The highest BCUT2D eigenvalue weighted by molar-refractivity contribution is 14.0. The van der Waals surface area contributed by atoms with Crippen LogP contribution < -0.4 is 10.6 Å². The van der Waals surface area contributed by atoms with Crippen LogP contribution in [0.3, 0.4) is 0 Å². The Kier molecular flexibility index (Phi) is 11.2. The summed E-state index contributed by atoms with van der Waals surface area (Å²) in [5.41, 5.74) is 2.70. The van der Waals surface area contributed by atoms with Crippen LogP contribution >= 0.6 is 24.0 Å². The molecule has 5 heteroatoms. The molecule has 26 heavy (non-hydrogen) atoms. The smallest absolute Gasteiger partial charge is 0.190 e. The Balaban J connectivity index is 0.00000338. The molecule has 0 spiro atoms. The van der Waals surface area contributed by atoms with E-state index in [1.54, 1.807) is 0 Å². The molecule has 1 saturated heterocycles. The number of hydrogen-bond donors (Lipinski definition) is 2. The Morgan fingerprint density at radius 1 is 1.27 bits per heavy atom. The first-order valence-electron chi connectivity index (χ1n) is 9.85. The molecular weight excluding hydrogens is 435 g/mol. The highest BCUT2D eigenvalue weighted by Crippen LogP contribution is 2.19. The van der Waals surface area contributed by atoms with Crippen molar-refractivity contribution in [3.8, 4) is 0 Å².